The Morgan fingerprint density at radius 3 is 2.50 bits per heavy atom. The minimum atomic E-state index is -3.23. The second-order valence-electron chi connectivity index (χ2n) is 8.26. The number of benzene rings is 2. The zero-order valence-corrected chi connectivity index (χ0v) is 18.2. The number of ether oxygens (including phenoxy) is 1. The average molecular weight is 430 g/mol. The highest BCUT2D eigenvalue weighted by atomic mass is 32.2. The fourth-order valence-corrected chi connectivity index (χ4v) is 6.03. The van der Waals surface area contributed by atoms with Crippen LogP contribution in [0.2, 0.25) is 0 Å². The molecule has 2 fully saturated rings. The highest BCUT2D eigenvalue weighted by molar-refractivity contribution is 7.91. The van der Waals surface area contributed by atoms with Gasteiger partial charge >= 0.3 is 0 Å². The zero-order chi connectivity index (χ0) is 20.8. The predicted molar refractivity (Wildman–Crippen MR) is 117 cm³/mol. The third-order valence-corrected chi connectivity index (χ3v) is 8.02. The van der Waals surface area contributed by atoms with Gasteiger partial charge in [0.15, 0.2) is 9.84 Å². The Balaban J connectivity index is 1.29. The number of hydroxylamine groups is 2. The van der Waals surface area contributed by atoms with Crippen molar-refractivity contribution in [3.8, 4) is 0 Å². The molecule has 2 aliphatic rings. The number of hydrogen-bond donors (Lipinski definition) is 0. The van der Waals surface area contributed by atoms with Crippen molar-refractivity contribution in [2.45, 2.75) is 55.8 Å². The van der Waals surface area contributed by atoms with E-state index in [2.05, 4.69) is 17.2 Å². The Kier molecular flexibility index (Phi) is 7.20. The van der Waals surface area contributed by atoms with Crippen molar-refractivity contribution in [3.05, 3.63) is 66.2 Å². The number of hydrogen-bond acceptors (Lipinski definition) is 5. The normalized spacial score (nSPS) is 26.0. The van der Waals surface area contributed by atoms with Crippen LogP contribution in [-0.2, 0) is 26.0 Å². The SMILES string of the molecule is O=S(=O)(CCC[C@H]1[C@@H](CCOCc2ccccc2)C2CCCN1O2)c1ccccc1. The van der Waals surface area contributed by atoms with E-state index in [-0.39, 0.29) is 17.9 Å². The molecule has 30 heavy (non-hydrogen) atoms. The standard InChI is InChI=1S/C24H31NO4S/c26-30(27,21-11-5-2-6-12-21)18-8-13-23-22(24-14-7-16-25(23)29-24)15-17-28-19-20-9-3-1-4-10-20/h1-6,9-12,22-24H,7-8,13-19H2/t22-,23+,24?/m1/s1. The number of fused-ring (bicyclic) bond motifs is 2. The molecule has 2 aromatic carbocycles. The van der Waals surface area contributed by atoms with Gasteiger partial charge < -0.3 is 4.74 Å². The lowest BCUT2D eigenvalue weighted by atomic mass is 9.88. The molecule has 2 bridgehead atoms. The molecule has 2 heterocycles. The zero-order valence-electron chi connectivity index (χ0n) is 17.4. The lowest BCUT2D eigenvalue weighted by molar-refractivity contribution is -0.186. The van der Waals surface area contributed by atoms with Gasteiger partial charge in [0, 0.05) is 25.1 Å². The molecular weight excluding hydrogens is 398 g/mol. The molecule has 2 aromatic rings. The van der Waals surface area contributed by atoms with Crippen LogP contribution in [0.15, 0.2) is 65.6 Å². The van der Waals surface area contributed by atoms with Crippen LogP contribution in [-0.4, -0.2) is 44.5 Å². The van der Waals surface area contributed by atoms with Crippen molar-refractivity contribution in [1.82, 2.24) is 5.06 Å². The van der Waals surface area contributed by atoms with Crippen LogP contribution in [0.3, 0.4) is 0 Å². The summed E-state index contributed by atoms with van der Waals surface area (Å²) >= 11 is 0. The van der Waals surface area contributed by atoms with Gasteiger partial charge in [0.25, 0.3) is 0 Å². The van der Waals surface area contributed by atoms with Gasteiger partial charge in [-0.15, -0.1) is 0 Å². The first-order valence-corrected chi connectivity index (χ1v) is 12.6. The topological polar surface area (TPSA) is 55.8 Å². The van der Waals surface area contributed by atoms with Crippen molar-refractivity contribution in [2.24, 2.45) is 5.92 Å². The van der Waals surface area contributed by atoms with Crippen molar-refractivity contribution in [1.29, 1.82) is 0 Å². The maximum absolute atomic E-state index is 12.6. The van der Waals surface area contributed by atoms with E-state index in [1.165, 1.54) is 5.56 Å². The lowest BCUT2D eigenvalue weighted by Gasteiger charge is -2.25. The summed E-state index contributed by atoms with van der Waals surface area (Å²) < 4.78 is 31.1. The fourth-order valence-electron chi connectivity index (χ4n) is 4.67. The molecule has 5 nitrogen and oxygen atoms in total. The van der Waals surface area contributed by atoms with Crippen LogP contribution in [0.25, 0.3) is 0 Å². The molecule has 162 valence electrons. The molecule has 4 atom stereocenters. The highest BCUT2D eigenvalue weighted by Gasteiger charge is 2.44. The summed E-state index contributed by atoms with van der Waals surface area (Å²) in [6, 6.07) is 19.2. The van der Waals surface area contributed by atoms with Crippen LogP contribution in [0.4, 0.5) is 0 Å². The second-order valence-corrected chi connectivity index (χ2v) is 10.4. The van der Waals surface area contributed by atoms with Crippen LogP contribution < -0.4 is 0 Å². The quantitative estimate of drug-likeness (QED) is 0.529. The van der Waals surface area contributed by atoms with E-state index >= 15 is 0 Å². The summed E-state index contributed by atoms with van der Waals surface area (Å²) in [6.07, 6.45) is 4.91. The van der Waals surface area contributed by atoms with E-state index in [0.717, 1.165) is 32.2 Å². The highest BCUT2D eigenvalue weighted by Crippen LogP contribution is 2.38. The van der Waals surface area contributed by atoms with Gasteiger partial charge in [0.05, 0.1) is 23.4 Å². The molecule has 4 rings (SSSR count). The number of nitrogens with zero attached hydrogens (tertiary/aromatic N) is 1. The van der Waals surface area contributed by atoms with Crippen molar-refractivity contribution >= 4 is 9.84 Å². The summed E-state index contributed by atoms with van der Waals surface area (Å²) in [5.41, 5.74) is 1.19. The molecule has 0 N–H and O–H groups in total. The van der Waals surface area contributed by atoms with Gasteiger partial charge in [-0.1, -0.05) is 48.5 Å². The van der Waals surface area contributed by atoms with Gasteiger partial charge in [-0.25, -0.2) is 8.42 Å². The fraction of sp³-hybridized carbons (Fsp3) is 0.500. The Bertz CT molecular complexity index is 888. The maximum Gasteiger partial charge on any atom is 0.178 e. The van der Waals surface area contributed by atoms with E-state index < -0.39 is 9.84 Å². The molecule has 6 heteroatoms. The molecule has 0 amide bonds. The van der Waals surface area contributed by atoms with Crippen LogP contribution in [0.5, 0.6) is 0 Å². The van der Waals surface area contributed by atoms with Gasteiger partial charge in [0.2, 0.25) is 0 Å². The Morgan fingerprint density at radius 2 is 1.73 bits per heavy atom. The average Bonchev–Trinajstić information content (AvgIpc) is 3.01. The molecule has 2 aliphatic heterocycles. The largest absolute Gasteiger partial charge is 0.377 e. The van der Waals surface area contributed by atoms with E-state index in [9.17, 15) is 8.42 Å². The van der Waals surface area contributed by atoms with Crippen LogP contribution in [0, 0.1) is 5.92 Å². The Labute approximate surface area is 179 Å². The second kappa shape index (κ2) is 10.1. The Hall–Kier alpha value is -1.73. The van der Waals surface area contributed by atoms with E-state index in [1.54, 1.807) is 24.3 Å². The first kappa shape index (κ1) is 21.5. The first-order chi connectivity index (χ1) is 14.6. The van der Waals surface area contributed by atoms with E-state index in [4.69, 9.17) is 9.57 Å². The lowest BCUT2D eigenvalue weighted by Crippen LogP contribution is -2.33. The molecule has 2 saturated heterocycles. The summed E-state index contributed by atoms with van der Waals surface area (Å²) in [5, 5.41) is 2.12. The third-order valence-electron chi connectivity index (χ3n) is 6.20. The molecule has 0 spiro atoms. The smallest absolute Gasteiger partial charge is 0.178 e. The van der Waals surface area contributed by atoms with Crippen molar-refractivity contribution in [3.63, 3.8) is 0 Å². The maximum atomic E-state index is 12.6. The summed E-state index contributed by atoms with van der Waals surface area (Å²) in [7, 11) is -3.23. The minimum absolute atomic E-state index is 0.184. The molecule has 0 aromatic heterocycles. The number of rotatable bonds is 10. The molecule has 2 unspecified atom stereocenters. The van der Waals surface area contributed by atoms with E-state index in [0.29, 0.717) is 30.4 Å². The van der Waals surface area contributed by atoms with Gasteiger partial charge in [-0.05, 0) is 49.8 Å². The van der Waals surface area contributed by atoms with Crippen molar-refractivity contribution < 1.29 is 18.0 Å². The van der Waals surface area contributed by atoms with Crippen LogP contribution >= 0.6 is 0 Å². The van der Waals surface area contributed by atoms with Crippen LogP contribution in [0.1, 0.15) is 37.7 Å². The predicted octanol–water partition coefficient (Wildman–Crippen LogP) is 4.24. The molecule has 0 radical (unpaired) electrons. The van der Waals surface area contributed by atoms with Crippen molar-refractivity contribution in [2.75, 3.05) is 18.9 Å². The van der Waals surface area contributed by atoms with E-state index in [1.807, 2.05) is 24.3 Å². The first-order valence-electron chi connectivity index (χ1n) is 11.0. The van der Waals surface area contributed by atoms with Gasteiger partial charge in [-0.2, -0.15) is 5.06 Å². The van der Waals surface area contributed by atoms with Gasteiger partial charge in [-0.3, -0.25) is 4.84 Å². The molecular formula is C24H31NO4S. The molecule has 0 aliphatic carbocycles. The monoisotopic (exact) mass is 429 g/mol. The third kappa shape index (κ3) is 5.30. The summed E-state index contributed by atoms with van der Waals surface area (Å²) in [4.78, 5) is 6.55. The minimum Gasteiger partial charge on any atom is -0.377 e. The molecule has 0 saturated carbocycles. The Morgan fingerprint density at radius 1 is 1.00 bits per heavy atom. The number of sulfone groups is 1. The summed E-state index contributed by atoms with van der Waals surface area (Å²) in [5.74, 6) is 0.589. The summed E-state index contributed by atoms with van der Waals surface area (Å²) in [6.45, 7) is 2.27. The van der Waals surface area contributed by atoms with Gasteiger partial charge in [0.1, 0.15) is 0 Å².